The fourth-order valence-corrected chi connectivity index (χ4v) is 2.45. The first-order valence-electron chi connectivity index (χ1n) is 5.73. The van der Waals surface area contributed by atoms with E-state index in [0.29, 0.717) is 12.0 Å². The van der Waals surface area contributed by atoms with E-state index >= 15 is 0 Å². The average Bonchev–Trinajstić information content (AvgIpc) is 2.39. The van der Waals surface area contributed by atoms with Crippen molar-refractivity contribution in [3.05, 3.63) is 71.3 Å². The molecule has 0 fully saturated rings. The van der Waals surface area contributed by atoms with Crippen LogP contribution >= 0.6 is 0 Å². The molecule has 2 aromatic rings. The molecule has 0 aromatic heterocycles. The molecule has 0 bridgehead atoms. The minimum Gasteiger partial charge on any atom is -0.746 e. The summed E-state index contributed by atoms with van der Waals surface area (Å²) in [6.45, 7) is 0. The van der Waals surface area contributed by atoms with Crippen molar-refractivity contribution in [3.8, 4) is 0 Å². The molecule has 0 aliphatic heterocycles. The molecule has 0 aliphatic carbocycles. The summed E-state index contributed by atoms with van der Waals surface area (Å²) < 4.78 is 32.8. The summed E-state index contributed by atoms with van der Waals surface area (Å²) in [5, 5.41) is 9.62. The summed E-state index contributed by atoms with van der Waals surface area (Å²) in [6, 6.07) is 15.9. The predicted molar refractivity (Wildman–Crippen MR) is 70.3 cm³/mol. The minimum absolute atomic E-state index is 0. The molecule has 20 heavy (non-hydrogen) atoms. The van der Waals surface area contributed by atoms with E-state index in [2.05, 4.69) is 0 Å². The molecular weight excluding hydrogens is 287 g/mol. The number of hydrogen-bond donors (Lipinski definition) is 1. The Morgan fingerprint density at radius 3 is 2.15 bits per heavy atom. The molecule has 1 N–H and O–H groups in total. The van der Waals surface area contributed by atoms with E-state index in [4.69, 9.17) is 0 Å². The second-order valence-corrected chi connectivity index (χ2v) is 5.64. The Kier molecular flexibility index (Phi) is 6.39. The molecule has 0 heterocycles. The second-order valence-electron chi connectivity index (χ2n) is 4.21. The van der Waals surface area contributed by atoms with Crippen molar-refractivity contribution in [3.63, 3.8) is 0 Å². The van der Waals surface area contributed by atoms with E-state index in [0.717, 1.165) is 5.56 Å². The fourth-order valence-electron chi connectivity index (χ4n) is 1.91. The Bertz CT molecular complexity index is 656. The molecule has 0 spiro atoms. The second kappa shape index (κ2) is 7.36. The fraction of sp³-hybridized carbons (Fsp3) is 0.143. The largest absolute Gasteiger partial charge is 1.00 e. The average molecular weight is 300 g/mol. The molecule has 0 saturated carbocycles. The Morgan fingerprint density at radius 2 is 1.55 bits per heavy atom. The topological polar surface area (TPSA) is 77.4 Å². The van der Waals surface area contributed by atoms with Gasteiger partial charge >= 0.3 is 29.6 Å². The molecular formula is C14H13NaO4S. The molecule has 6 heteroatoms. The van der Waals surface area contributed by atoms with Crippen LogP contribution in [0.15, 0.2) is 54.6 Å². The van der Waals surface area contributed by atoms with Gasteiger partial charge in [0, 0.05) is 0 Å². The number of aliphatic hydroxyl groups excluding tert-OH is 1. The van der Waals surface area contributed by atoms with Crippen LogP contribution < -0.4 is 29.6 Å². The number of rotatable bonds is 4. The van der Waals surface area contributed by atoms with Crippen LogP contribution in [0.25, 0.3) is 0 Å². The van der Waals surface area contributed by atoms with Gasteiger partial charge in [-0.3, -0.25) is 0 Å². The van der Waals surface area contributed by atoms with E-state index in [9.17, 15) is 18.1 Å². The molecule has 100 valence electrons. The Balaban J connectivity index is 0.00000200. The molecule has 0 saturated heterocycles. The van der Waals surface area contributed by atoms with Crippen LogP contribution in [-0.2, 0) is 16.5 Å². The quantitative estimate of drug-likeness (QED) is 0.569. The summed E-state index contributed by atoms with van der Waals surface area (Å²) in [7, 11) is -4.77. The van der Waals surface area contributed by atoms with Gasteiger partial charge in [-0.15, -0.1) is 0 Å². The first kappa shape index (κ1) is 17.4. The van der Waals surface area contributed by atoms with Crippen molar-refractivity contribution < 1.29 is 47.6 Å². The summed E-state index contributed by atoms with van der Waals surface area (Å²) in [6.07, 6.45) is 0.462. The van der Waals surface area contributed by atoms with Gasteiger partial charge in [0.1, 0.15) is 10.1 Å². The molecule has 0 aliphatic rings. The molecule has 1 atom stereocenters. The van der Waals surface area contributed by atoms with Gasteiger partial charge in [0.05, 0.1) is 0 Å². The zero-order valence-electron chi connectivity index (χ0n) is 11.1. The normalized spacial score (nSPS) is 12.5. The maximum Gasteiger partial charge on any atom is 1.00 e. The summed E-state index contributed by atoms with van der Waals surface area (Å²) in [5.41, 5.74) is -0.278. The van der Waals surface area contributed by atoms with E-state index in [1.54, 1.807) is 18.2 Å². The maximum atomic E-state index is 10.9. The van der Waals surface area contributed by atoms with Gasteiger partial charge in [-0.25, -0.2) is 8.42 Å². The van der Waals surface area contributed by atoms with E-state index in [-0.39, 0.29) is 35.1 Å². The standard InChI is InChI=1S/C14H14O4S.Na/c15-14(19(16,17)18)13-9-5-4-8-12(13)10-11-6-2-1-3-7-11;/h1-9,14-15H,10H2,(H,16,17,18);/q;+1/p-1. The number of hydrogen-bond acceptors (Lipinski definition) is 4. The Labute approximate surface area is 140 Å². The van der Waals surface area contributed by atoms with E-state index in [1.165, 1.54) is 6.07 Å². The van der Waals surface area contributed by atoms with Crippen molar-refractivity contribution in [2.75, 3.05) is 0 Å². The van der Waals surface area contributed by atoms with Gasteiger partial charge in [-0.05, 0) is 23.1 Å². The molecule has 2 aromatic carbocycles. The monoisotopic (exact) mass is 300 g/mol. The third-order valence-corrected chi connectivity index (χ3v) is 3.63. The van der Waals surface area contributed by atoms with E-state index < -0.39 is 15.6 Å². The maximum absolute atomic E-state index is 10.9. The molecule has 4 nitrogen and oxygen atoms in total. The molecule has 1 unspecified atom stereocenters. The van der Waals surface area contributed by atoms with Crippen molar-refractivity contribution >= 4 is 10.1 Å². The summed E-state index contributed by atoms with van der Waals surface area (Å²) >= 11 is 0. The third-order valence-electron chi connectivity index (χ3n) is 2.83. The van der Waals surface area contributed by atoms with Crippen molar-refractivity contribution in [1.82, 2.24) is 0 Å². The Hall–Kier alpha value is -0.690. The van der Waals surface area contributed by atoms with Crippen LogP contribution in [0.3, 0.4) is 0 Å². The van der Waals surface area contributed by atoms with Crippen LogP contribution in [0, 0.1) is 0 Å². The molecule has 0 amide bonds. The van der Waals surface area contributed by atoms with Crippen LogP contribution in [0.5, 0.6) is 0 Å². The zero-order chi connectivity index (χ0) is 13.9. The van der Waals surface area contributed by atoms with Gasteiger partial charge in [0.25, 0.3) is 0 Å². The van der Waals surface area contributed by atoms with Crippen LogP contribution in [-0.4, -0.2) is 18.1 Å². The van der Waals surface area contributed by atoms with Crippen LogP contribution in [0.1, 0.15) is 22.1 Å². The van der Waals surface area contributed by atoms with Crippen LogP contribution in [0.4, 0.5) is 0 Å². The SMILES string of the molecule is O=S(=O)([O-])C(O)c1ccccc1Cc1ccccc1.[Na+]. The van der Waals surface area contributed by atoms with Gasteiger partial charge in [0.2, 0.25) is 0 Å². The van der Waals surface area contributed by atoms with Gasteiger partial charge in [-0.1, -0.05) is 54.6 Å². The van der Waals surface area contributed by atoms with E-state index in [1.807, 2.05) is 30.3 Å². The minimum atomic E-state index is -4.77. The first-order valence-corrected chi connectivity index (χ1v) is 7.20. The van der Waals surface area contributed by atoms with Crippen molar-refractivity contribution in [1.29, 1.82) is 0 Å². The molecule has 2 rings (SSSR count). The third kappa shape index (κ3) is 4.41. The predicted octanol–water partition coefficient (Wildman–Crippen LogP) is -1.18. The number of aliphatic hydroxyl groups is 1. The van der Waals surface area contributed by atoms with Gasteiger partial charge in [-0.2, -0.15) is 0 Å². The van der Waals surface area contributed by atoms with Crippen molar-refractivity contribution in [2.45, 2.75) is 11.9 Å². The van der Waals surface area contributed by atoms with Gasteiger partial charge < -0.3 is 9.66 Å². The number of benzene rings is 2. The smallest absolute Gasteiger partial charge is 0.746 e. The van der Waals surface area contributed by atoms with Gasteiger partial charge in [0.15, 0.2) is 5.44 Å². The van der Waals surface area contributed by atoms with Crippen molar-refractivity contribution in [2.24, 2.45) is 0 Å². The summed E-state index contributed by atoms with van der Waals surface area (Å²) in [4.78, 5) is 0. The molecule has 0 radical (unpaired) electrons. The first-order chi connectivity index (χ1) is 8.98. The Morgan fingerprint density at radius 1 is 1.00 bits per heavy atom. The zero-order valence-corrected chi connectivity index (χ0v) is 13.9. The van der Waals surface area contributed by atoms with Crippen LogP contribution in [0.2, 0.25) is 0 Å². The summed E-state index contributed by atoms with van der Waals surface area (Å²) in [5.74, 6) is 0.